The van der Waals surface area contributed by atoms with E-state index in [-0.39, 0.29) is 18.5 Å². The zero-order valence-electron chi connectivity index (χ0n) is 10.6. The van der Waals surface area contributed by atoms with Gasteiger partial charge in [-0.05, 0) is 32.1 Å². The smallest absolute Gasteiger partial charge is 0.317 e. The second kappa shape index (κ2) is 4.76. The minimum atomic E-state index is -0.888. The molecule has 2 unspecified atom stereocenters. The molecule has 2 aliphatic rings. The van der Waals surface area contributed by atoms with E-state index in [4.69, 9.17) is 5.11 Å². The van der Waals surface area contributed by atoms with Crippen LogP contribution >= 0.6 is 0 Å². The Kier molecular flexibility index (Phi) is 3.47. The minimum Gasteiger partial charge on any atom is -0.481 e. The standard InChI is InChI=1S/C12H20N2O4/c1-12(18)4-5-14(7-12)11(17)13-9(6-10(15)16)8-2-3-8/h8-9,18H,2-7H2,1H3,(H,13,17)(H,15,16). The first-order chi connectivity index (χ1) is 8.37. The Morgan fingerprint density at radius 1 is 1.50 bits per heavy atom. The molecule has 3 N–H and O–H groups in total. The van der Waals surface area contributed by atoms with E-state index in [1.807, 2.05) is 0 Å². The van der Waals surface area contributed by atoms with Crippen molar-refractivity contribution in [3.63, 3.8) is 0 Å². The maximum atomic E-state index is 12.0. The Labute approximate surface area is 106 Å². The molecular formula is C12H20N2O4. The molecule has 0 bridgehead atoms. The topological polar surface area (TPSA) is 89.9 Å². The number of amides is 2. The van der Waals surface area contributed by atoms with Gasteiger partial charge in [0.1, 0.15) is 0 Å². The molecule has 2 atom stereocenters. The third-order valence-electron chi connectivity index (χ3n) is 3.63. The van der Waals surface area contributed by atoms with E-state index in [0.29, 0.717) is 25.4 Å². The number of aliphatic carboxylic acids is 1. The normalized spacial score (nSPS) is 29.1. The molecule has 2 rings (SSSR count). The highest BCUT2D eigenvalue weighted by molar-refractivity contribution is 5.76. The summed E-state index contributed by atoms with van der Waals surface area (Å²) in [6.07, 6.45) is 2.50. The predicted octanol–water partition coefficient (Wildman–Crippen LogP) is 0.406. The van der Waals surface area contributed by atoms with Crippen LogP contribution in [0.5, 0.6) is 0 Å². The summed E-state index contributed by atoms with van der Waals surface area (Å²) in [4.78, 5) is 24.3. The van der Waals surface area contributed by atoms with Gasteiger partial charge in [0, 0.05) is 12.6 Å². The van der Waals surface area contributed by atoms with Crippen LogP contribution in [-0.2, 0) is 4.79 Å². The van der Waals surface area contributed by atoms with Crippen molar-refractivity contribution in [3.8, 4) is 0 Å². The van der Waals surface area contributed by atoms with Crippen LogP contribution in [0.1, 0.15) is 32.6 Å². The van der Waals surface area contributed by atoms with Crippen LogP contribution in [0.25, 0.3) is 0 Å². The lowest BCUT2D eigenvalue weighted by Crippen LogP contribution is -2.46. The van der Waals surface area contributed by atoms with Crippen LogP contribution < -0.4 is 5.32 Å². The molecule has 0 aromatic heterocycles. The largest absolute Gasteiger partial charge is 0.481 e. The summed E-state index contributed by atoms with van der Waals surface area (Å²) in [5.74, 6) is -0.589. The molecule has 18 heavy (non-hydrogen) atoms. The van der Waals surface area contributed by atoms with Crippen LogP contribution in [0.3, 0.4) is 0 Å². The van der Waals surface area contributed by atoms with Crippen LogP contribution in [0.15, 0.2) is 0 Å². The fraction of sp³-hybridized carbons (Fsp3) is 0.833. The molecular weight excluding hydrogens is 236 g/mol. The van der Waals surface area contributed by atoms with Gasteiger partial charge in [-0.15, -0.1) is 0 Å². The number of carbonyl (C=O) groups excluding carboxylic acids is 1. The number of nitrogens with one attached hydrogen (secondary N) is 1. The second-order valence-electron chi connectivity index (χ2n) is 5.66. The van der Waals surface area contributed by atoms with E-state index in [1.54, 1.807) is 11.8 Å². The Morgan fingerprint density at radius 3 is 2.61 bits per heavy atom. The van der Waals surface area contributed by atoms with Crippen LogP contribution in [0, 0.1) is 5.92 Å². The SMILES string of the molecule is CC1(O)CCN(C(=O)NC(CC(=O)O)C2CC2)C1. The lowest BCUT2D eigenvalue weighted by molar-refractivity contribution is -0.137. The maximum absolute atomic E-state index is 12.0. The zero-order chi connectivity index (χ0) is 13.3. The van der Waals surface area contributed by atoms with Crippen LogP contribution in [0.4, 0.5) is 4.79 Å². The lowest BCUT2D eigenvalue weighted by Gasteiger charge is -2.23. The molecule has 1 saturated carbocycles. The van der Waals surface area contributed by atoms with E-state index < -0.39 is 11.6 Å². The average Bonchev–Trinajstić information content (AvgIpc) is 3.01. The molecule has 0 radical (unpaired) electrons. The molecule has 1 saturated heterocycles. The number of hydrogen-bond acceptors (Lipinski definition) is 3. The Balaban J connectivity index is 1.87. The van der Waals surface area contributed by atoms with E-state index >= 15 is 0 Å². The summed E-state index contributed by atoms with van der Waals surface area (Å²) in [5, 5.41) is 21.4. The van der Waals surface area contributed by atoms with Crippen LogP contribution in [0.2, 0.25) is 0 Å². The molecule has 1 aliphatic heterocycles. The summed E-state index contributed by atoms with van der Waals surface area (Å²) >= 11 is 0. The first kappa shape index (κ1) is 13.1. The molecule has 1 heterocycles. The predicted molar refractivity (Wildman–Crippen MR) is 64.1 cm³/mol. The third-order valence-corrected chi connectivity index (χ3v) is 3.63. The Hall–Kier alpha value is -1.30. The quantitative estimate of drug-likeness (QED) is 0.679. The van der Waals surface area contributed by atoms with Gasteiger partial charge >= 0.3 is 12.0 Å². The first-order valence-electron chi connectivity index (χ1n) is 6.37. The van der Waals surface area contributed by atoms with E-state index in [2.05, 4.69) is 5.32 Å². The van der Waals surface area contributed by atoms with Gasteiger partial charge in [-0.1, -0.05) is 0 Å². The Morgan fingerprint density at radius 2 is 2.17 bits per heavy atom. The number of rotatable bonds is 4. The number of urea groups is 1. The molecule has 102 valence electrons. The van der Waals surface area contributed by atoms with Gasteiger partial charge in [-0.2, -0.15) is 0 Å². The number of nitrogens with zero attached hydrogens (tertiary/aromatic N) is 1. The number of likely N-dealkylation sites (tertiary alicyclic amines) is 1. The van der Waals surface area contributed by atoms with Crippen molar-refractivity contribution in [3.05, 3.63) is 0 Å². The van der Waals surface area contributed by atoms with Gasteiger partial charge in [-0.3, -0.25) is 4.79 Å². The van der Waals surface area contributed by atoms with Gasteiger partial charge in [0.25, 0.3) is 0 Å². The molecule has 0 aromatic rings. The van der Waals surface area contributed by atoms with Gasteiger partial charge < -0.3 is 20.4 Å². The van der Waals surface area contributed by atoms with Gasteiger partial charge in [0.05, 0.1) is 18.6 Å². The van der Waals surface area contributed by atoms with Crippen molar-refractivity contribution >= 4 is 12.0 Å². The molecule has 0 spiro atoms. The number of carboxylic acids is 1. The summed E-state index contributed by atoms with van der Waals surface area (Å²) in [6.45, 7) is 2.53. The fourth-order valence-electron chi connectivity index (χ4n) is 2.39. The molecule has 2 fully saturated rings. The molecule has 2 amide bonds. The fourth-order valence-corrected chi connectivity index (χ4v) is 2.39. The molecule has 6 heteroatoms. The monoisotopic (exact) mass is 256 g/mol. The van der Waals surface area contributed by atoms with E-state index in [1.165, 1.54) is 0 Å². The number of β-amino-alcohol motifs (C(OH)–C–C–N with tert-alkyl or cyclic N) is 1. The number of hydrogen-bond donors (Lipinski definition) is 3. The number of aliphatic hydroxyl groups is 1. The maximum Gasteiger partial charge on any atom is 0.317 e. The van der Waals surface area contributed by atoms with Crippen molar-refractivity contribution in [2.24, 2.45) is 5.92 Å². The third kappa shape index (κ3) is 3.35. The average molecular weight is 256 g/mol. The van der Waals surface area contributed by atoms with Crippen molar-refractivity contribution in [1.82, 2.24) is 10.2 Å². The second-order valence-corrected chi connectivity index (χ2v) is 5.66. The van der Waals surface area contributed by atoms with E-state index in [0.717, 1.165) is 12.8 Å². The molecule has 1 aliphatic carbocycles. The Bertz CT molecular complexity index is 352. The summed E-state index contributed by atoms with van der Waals surface area (Å²) in [6, 6.07) is -0.536. The molecule has 6 nitrogen and oxygen atoms in total. The number of carboxylic acid groups (broad SMARTS) is 1. The first-order valence-corrected chi connectivity index (χ1v) is 6.37. The highest BCUT2D eigenvalue weighted by atomic mass is 16.4. The minimum absolute atomic E-state index is 0.0271. The zero-order valence-corrected chi connectivity index (χ0v) is 10.6. The highest BCUT2D eigenvalue weighted by Gasteiger charge is 2.38. The summed E-state index contributed by atoms with van der Waals surface area (Å²) in [5.41, 5.74) is -0.820. The van der Waals surface area contributed by atoms with Crippen molar-refractivity contribution in [2.75, 3.05) is 13.1 Å². The lowest BCUT2D eigenvalue weighted by atomic mass is 10.1. The molecule has 0 aromatic carbocycles. The summed E-state index contributed by atoms with van der Waals surface area (Å²) in [7, 11) is 0. The number of carbonyl (C=O) groups is 2. The van der Waals surface area contributed by atoms with E-state index in [9.17, 15) is 14.7 Å². The van der Waals surface area contributed by atoms with Crippen molar-refractivity contribution in [2.45, 2.75) is 44.2 Å². The van der Waals surface area contributed by atoms with Gasteiger partial charge in [0.2, 0.25) is 0 Å². The van der Waals surface area contributed by atoms with Gasteiger partial charge in [-0.25, -0.2) is 4.79 Å². The van der Waals surface area contributed by atoms with Gasteiger partial charge in [0.15, 0.2) is 0 Å². The highest BCUT2D eigenvalue weighted by Crippen LogP contribution is 2.34. The van der Waals surface area contributed by atoms with Crippen molar-refractivity contribution in [1.29, 1.82) is 0 Å². The van der Waals surface area contributed by atoms with Crippen molar-refractivity contribution < 1.29 is 19.8 Å². The van der Waals surface area contributed by atoms with Crippen LogP contribution in [-0.4, -0.2) is 51.8 Å². The summed E-state index contributed by atoms with van der Waals surface area (Å²) < 4.78 is 0.